The summed E-state index contributed by atoms with van der Waals surface area (Å²) in [5.41, 5.74) is 2.97. The summed E-state index contributed by atoms with van der Waals surface area (Å²) in [5.74, 6) is 0. The van der Waals surface area contributed by atoms with Crippen LogP contribution in [0.3, 0.4) is 0 Å². The largest absolute Gasteiger partial charge is 0.367 e. The van der Waals surface area contributed by atoms with Crippen LogP contribution in [0, 0.1) is 0 Å². The number of aldehydes is 1. The second-order valence-corrected chi connectivity index (χ2v) is 6.13. The van der Waals surface area contributed by atoms with Gasteiger partial charge in [-0.25, -0.2) is 0 Å². The second kappa shape index (κ2) is 7.64. The van der Waals surface area contributed by atoms with Gasteiger partial charge in [-0.05, 0) is 59.8 Å². The predicted octanol–water partition coefficient (Wildman–Crippen LogP) is 4.60. The van der Waals surface area contributed by atoms with Crippen molar-refractivity contribution in [3.8, 4) is 0 Å². The van der Waals surface area contributed by atoms with Crippen LogP contribution < -0.4 is 0 Å². The first-order valence-electron chi connectivity index (χ1n) is 7.38. The van der Waals surface area contributed by atoms with E-state index in [4.69, 9.17) is 4.74 Å². The zero-order valence-corrected chi connectivity index (χ0v) is 12.9. The molecule has 1 rings (SSSR count). The molecule has 0 aromatic rings. The van der Waals surface area contributed by atoms with Crippen molar-refractivity contribution in [3.63, 3.8) is 0 Å². The van der Waals surface area contributed by atoms with Crippen LogP contribution in [0.2, 0.25) is 0 Å². The first-order valence-corrected chi connectivity index (χ1v) is 7.38. The van der Waals surface area contributed by atoms with Gasteiger partial charge in [0, 0.05) is 6.42 Å². The maximum absolute atomic E-state index is 10.2. The molecule has 0 radical (unpaired) electrons. The lowest BCUT2D eigenvalue weighted by molar-refractivity contribution is -0.107. The van der Waals surface area contributed by atoms with Gasteiger partial charge in [-0.1, -0.05) is 23.3 Å². The molecule has 2 heteroatoms. The highest BCUT2D eigenvalue weighted by atomic mass is 16.6. The van der Waals surface area contributed by atoms with Gasteiger partial charge in [0.1, 0.15) is 6.29 Å². The fourth-order valence-electron chi connectivity index (χ4n) is 2.25. The van der Waals surface area contributed by atoms with Crippen molar-refractivity contribution >= 4 is 6.29 Å². The normalized spacial score (nSPS) is 22.4. The van der Waals surface area contributed by atoms with E-state index in [1.165, 1.54) is 11.1 Å². The molecule has 108 valence electrons. The Kier molecular flexibility index (Phi) is 6.50. The van der Waals surface area contributed by atoms with E-state index >= 15 is 0 Å². The second-order valence-electron chi connectivity index (χ2n) is 6.13. The number of carbonyl (C=O) groups excluding carboxylic acids is 1. The molecule has 0 spiro atoms. The van der Waals surface area contributed by atoms with Crippen LogP contribution in [0.4, 0.5) is 0 Å². The summed E-state index contributed by atoms with van der Waals surface area (Å²) < 4.78 is 5.59. The lowest BCUT2D eigenvalue weighted by Gasteiger charge is -2.02. The van der Waals surface area contributed by atoms with Crippen molar-refractivity contribution in [1.29, 1.82) is 0 Å². The van der Waals surface area contributed by atoms with E-state index in [1.54, 1.807) is 0 Å². The third-order valence-electron chi connectivity index (χ3n) is 3.77. The lowest BCUT2D eigenvalue weighted by Crippen LogP contribution is -2.02. The Morgan fingerprint density at radius 2 is 1.63 bits per heavy atom. The fourth-order valence-corrected chi connectivity index (χ4v) is 2.25. The molecule has 0 aromatic heterocycles. The van der Waals surface area contributed by atoms with Gasteiger partial charge in [-0.2, -0.15) is 0 Å². The van der Waals surface area contributed by atoms with E-state index in [0.29, 0.717) is 12.5 Å². The van der Waals surface area contributed by atoms with Crippen molar-refractivity contribution in [2.45, 2.75) is 77.9 Å². The minimum atomic E-state index is 0.123. The average molecular weight is 264 g/mol. The number of carbonyl (C=O) groups is 1. The van der Waals surface area contributed by atoms with Gasteiger partial charge in [-0.15, -0.1) is 0 Å². The number of hydrogen-bond donors (Lipinski definition) is 0. The molecular weight excluding hydrogens is 236 g/mol. The van der Waals surface area contributed by atoms with Crippen LogP contribution >= 0.6 is 0 Å². The van der Waals surface area contributed by atoms with Gasteiger partial charge in [-0.3, -0.25) is 0 Å². The van der Waals surface area contributed by atoms with Gasteiger partial charge in [0.25, 0.3) is 0 Å². The maximum atomic E-state index is 10.2. The van der Waals surface area contributed by atoms with Crippen molar-refractivity contribution in [1.82, 2.24) is 0 Å². The molecule has 2 nitrogen and oxygen atoms in total. The number of ether oxygens (including phenoxy) is 1. The molecule has 1 aliphatic rings. The summed E-state index contributed by atoms with van der Waals surface area (Å²) in [7, 11) is 0. The number of rotatable bonds is 9. The fraction of sp³-hybridized carbons (Fsp3) is 0.706. The van der Waals surface area contributed by atoms with E-state index in [1.807, 2.05) is 0 Å². The Labute approximate surface area is 117 Å². The molecule has 1 heterocycles. The van der Waals surface area contributed by atoms with Gasteiger partial charge < -0.3 is 9.53 Å². The molecule has 0 bridgehead atoms. The van der Waals surface area contributed by atoms with Gasteiger partial charge in [0.15, 0.2) is 0 Å². The predicted molar refractivity (Wildman–Crippen MR) is 80.2 cm³/mol. The number of hydrogen-bond acceptors (Lipinski definition) is 2. The Balaban J connectivity index is 2.13. The maximum Gasteiger partial charge on any atom is 0.120 e. The molecule has 19 heavy (non-hydrogen) atoms. The molecule has 1 saturated heterocycles. The monoisotopic (exact) mass is 264 g/mol. The van der Waals surface area contributed by atoms with E-state index in [2.05, 4.69) is 39.8 Å². The number of unbranched alkanes of at least 4 members (excludes halogenated alkanes) is 1. The number of allylic oxidation sites excluding steroid dienone is 4. The third kappa shape index (κ3) is 6.72. The zero-order chi connectivity index (χ0) is 14.3. The molecular formula is C17H28O2. The average Bonchev–Trinajstić information content (AvgIpc) is 2.95. The van der Waals surface area contributed by atoms with Crippen molar-refractivity contribution in [3.05, 3.63) is 23.3 Å². The summed E-state index contributed by atoms with van der Waals surface area (Å²) >= 11 is 0. The third-order valence-corrected chi connectivity index (χ3v) is 3.77. The summed E-state index contributed by atoms with van der Waals surface area (Å²) in [6.07, 6.45) is 12.0. The summed E-state index contributed by atoms with van der Waals surface area (Å²) in [5, 5.41) is 0. The summed E-state index contributed by atoms with van der Waals surface area (Å²) in [6, 6.07) is 0. The van der Waals surface area contributed by atoms with E-state index < -0.39 is 0 Å². The van der Waals surface area contributed by atoms with E-state index in [-0.39, 0.29) is 5.60 Å². The van der Waals surface area contributed by atoms with E-state index in [0.717, 1.165) is 38.4 Å². The van der Waals surface area contributed by atoms with Crippen molar-refractivity contribution in [2.75, 3.05) is 0 Å². The van der Waals surface area contributed by atoms with Crippen LogP contribution in [0.15, 0.2) is 23.3 Å². The molecule has 0 aliphatic carbocycles. The number of epoxide rings is 1. The first kappa shape index (κ1) is 16.2. The molecule has 1 atom stereocenters. The van der Waals surface area contributed by atoms with Crippen LogP contribution in [-0.2, 0) is 9.53 Å². The summed E-state index contributed by atoms with van der Waals surface area (Å²) in [6.45, 7) is 8.67. The zero-order valence-electron chi connectivity index (χ0n) is 12.9. The van der Waals surface area contributed by atoms with Crippen LogP contribution in [-0.4, -0.2) is 18.0 Å². The standard InChI is InChI=1S/C17H28O2/c1-14(8-5-6-13-18)9-7-10-15(2)11-12-16-17(3,4)19-16/h8,10,13,16H,5-7,9,11-12H2,1-4H3/b14-8+,15-10+. The Hall–Kier alpha value is -0.890. The summed E-state index contributed by atoms with van der Waals surface area (Å²) in [4.78, 5) is 10.2. The Morgan fingerprint density at radius 3 is 2.21 bits per heavy atom. The van der Waals surface area contributed by atoms with Crippen molar-refractivity contribution < 1.29 is 9.53 Å². The molecule has 0 amide bonds. The minimum absolute atomic E-state index is 0.123. The van der Waals surface area contributed by atoms with Gasteiger partial charge in [0.05, 0.1) is 11.7 Å². The molecule has 1 fully saturated rings. The molecule has 1 aliphatic heterocycles. The SMILES string of the molecule is C/C(=C\CCC=O)CC/C=C(\C)CCC1OC1(C)C. The van der Waals surface area contributed by atoms with Crippen LogP contribution in [0.5, 0.6) is 0 Å². The van der Waals surface area contributed by atoms with Crippen LogP contribution in [0.25, 0.3) is 0 Å². The topological polar surface area (TPSA) is 29.6 Å². The highest BCUT2D eigenvalue weighted by Gasteiger charge is 2.46. The Bertz CT molecular complexity index is 350. The molecule has 0 N–H and O–H groups in total. The smallest absolute Gasteiger partial charge is 0.120 e. The minimum Gasteiger partial charge on any atom is -0.367 e. The highest BCUT2D eigenvalue weighted by molar-refractivity contribution is 5.49. The first-order chi connectivity index (χ1) is 8.95. The highest BCUT2D eigenvalue weighted by Crippen LogP contribution is 2.38. The van der Waals surface area contributed by atoms with Gasteiger partial charge in [0.2, 0.25) is 0 Å². The molecule has 0 aromatic carbocycles. The van der Waals surface area contributed by atoms with Gasteiger partial charge >= 0.3 is 0 Å². The lowest BCUT2D eigenvalue weighted by atomic mass is 10.0. The van der Waals surface area contributed by atoms with Crippen LogP contribution in [0.1, 0.15) is 66.2 Å². The Morgan fingerprint density at radius 1 is 1.05 bits per heavy atom. The van der Waals surface area contributed by atoms with Crippen molar-refractivity contribution in [2.24, 2.45) is 0 Å². The molecule has 0 saturated carbocycles. The van der Waals surface area contributed by atoms with E-state index in [9.17, 15) is 4.79 Å². The quantitative estimate of drug-likeness (QED) is 0.264. The molecule has 1 unspecified atom stereocenters.